The molecule has 1 N–H and O–H groups in total. The first-order valence-electron chi connectivity index (χ1n) is 8.72. The number of hydrogen-bond acceptors (Lipinski definition) is 5. The first-order valence-corrected chi connectivity index (χ1v) is 8.72. The fraction of sp³-hybridized carbons (Fsp3) is 0.611. The van der Waals surface area contributed by atoms with E-state index in [2.05, 4.69) is 14.8 Å². The first-order chi connectivity index (χ1) is 11.8. The molecule has 2 fully saturated rings. The Morgan fingerprint density at radius 3 is 2.72 bits per heavy atom. The molecular weight excluding hydrogens is 320 g/mol. The van der Waals surface area contributed by atoms with Crippen molar-refractivity contribution < 1.29 is 14.7 Å². The van der Waals surface area contributed by atoms with E-state index in [1.165, 1.54) is 4.90 Å². The number of pyridine rings is 1. The number of likely N-dealkylation sites (N-methyl/N-ethyl adjacent to an activating group) is 1. The van der Waals surface area contributed by atoms with Crippen LogP contribution < -0.4 is 4.90 Å². The Hall–Kier alpha value is -2.15. The number of carbonyl (C=O) groups excluding carboxylic acids is 1. The van der Waals surface area contributed by atoms with Crippen molar-refractivity contribution in [3.8, 4) is 0 Å². The van der Waals surface area contributed by atoms with E-state index in [1.807, 2.05) is 19.2 Å². The van der Waals surface area contributed by atoms with E-state index in [1.54, 1.807) is 20.2 Å². The highest BCUT2D eigenvalue weighted by Gasteiger charge is 2.52. The lowest BCUT2D eigenvalue weighted by Crippen LogP contribution is -2.63. The van der Waals surface area contributed by atoms with Gasteiger partial charge in [0.15, 0.2) is 0 Å². The average molecular weight is 346 g/mol. The number of aromatic nitrogens is 1. The Morgan fingerprint density at radius 2 is 2.04 bits per heavy atom. The van der Waals surface area contributed by atoms with Crippen LogP contribution in [0.2, 0.25) is 0 Å². The van der Waals surface area contributed by atoms with E-state index in [4.69, 9.17) is 0 Å². The maximum atomic E-state index is 12.2. The molecule has 0 unspecified atom stereocenters. The highest BCUT2D eigenvalue weighted by molar-refractivity contribution is 5.92. The van der Waals surface area contributed by atoms with Crippen LogP contribution in [0.15, 0.2) is 18.2 Å². The predicted molar refractivity (Wildman–Crippen MR) is 94.8 cm³/mol. The number of aliphatic carboxylic acids is 1. The van der Waals surface area contributed by atoms with Crippen LogP contribution >= 0.6 is 0 Å². The second-order valence-corrected chi connectivity index (χ2v) is 7.34. The molecule has 0 aromatic carbocycles. The Kier molecular flexibility index (Phi) is 4.69. The molecule has 2 atom stereocenters. The summed E-state index contributed by atoms with van der Waals surface area (Å²) in [5, 5.41) is 9.87. The molecule has 136 valence electrons. The SMILES string of the molecule is CN(C)C(=O)c1cccc(N2CC[C@@]3(C(=O)O)CCCN(C)[C@@H]3C2)n1. The maximum absolute atomic E-state index is 12.2. The molecular formula is C18H26N4O3. The van der Waals surface area contributed by atoms with Crippen molar-refractivity contribution >= 4 is 17.7 Å². The van der Waals surface area contributed by atoms with Gasteiger partial charge in [0.25, 0.3) is 5.91 Å². The van der Waals surface area contributed by atoms with E-state index in [9.17, 15) is 14.7 Å². The van der Waals surface area contributed by atoms with E-state index >= 15 is 0 Å². The van der Waals surface area contributed by atoms with E-state index < -0.39 is 11.4 Å². The van der Waals surface area contributed by atoms with E-state index in [0.29, 0.717) is 25.2 Å². The molecule has 7 heteroatoms. The minimum Gasteiger partial charge on any atom is -0.481 e. The molecule has 3 heterocycles. The lowest BCUT2D eigenvalue weighted by Gasteiger charge is -2.52. The number of piperidine rings is 2. The molecule has 0 aliphatic carbocycles. The largest absolute Gasteiger partial charge is 0.481 e. The number of hydrogen-bond donors (Lipinski definition) is 1. The van der Waals surface area contributed by atoms with Crippen LogP contribution in [0.25, 0.3) is 0 Å². The van der Waals surface area contributed by atoms with Gasteiger partial charge in [-0.15, -0.1) is 0 Å². The summed E-state index contributed by atoms with van der Waals surface area (Å²) in [5.41, 5.74) is -0.254. The van der Waals surface area contributed by atoms with Gasteiger partial charge in [-0.05, 0) is 45.0 Å². The van der Waals surface area contributed by atoms with E-state index in [0.717, 1.165) is 25.2 Å². The monoisotopic (exact) mass is 346 g/mol. The number of amides is 1. The fourth-order valence-corrected chi connectivity index (χ4v) is 4.14. The van der Waals surface area contributed by atoms with Crippen LogP contribution in [0.4, 0.5) is 5.82 Å². The van der Waals surface area contributed by atoms with Gasteiger partial charge < -0.3 is 19.8 Å². The third-order valence-corrected chi connectivity index (χ3v) is 5.63. The molecule has 1 aromatic heterocycles. The number of carboxylic acids is 1. The standard InChI is InChI=1S/C18H26N4O3/c1-20(2)16(23)13-6-4-7-15(19-13)22-11-9-18(17(24)25)8-5-10-21(3)14(18)12-22/h4,6-7,14H,5,8-12H2,1-3H3,(H,24,25)/t14-,18+/m1/s1. The van der Waals surface area contributed by atoms with Crippen molar-refractivity contribution in [3.05, 3.63) is 23.9 Å². The zero-order chi connectivity index (χ0) is 18.2. The molecule has 25 heavy (non-hydrogen) atoms. The number of nitrogens with zero attached hydrogens (tertiary/aromatic N) is 4. The number of anilines is 1. The van der Waals surface area contributed by atoms with Gasteiger partial charge >= 0.3 is 5.97 Å². The fourth-order valence-electron chi connectivity index (χ4n) is 4.14. The summed E-state index contributed by atoms with van der Waals surface area (Å²) >= 11 is 0. The highest BCUT2D eigenvalue weighted by atomic mass is 16.4. The predicted octanol–water partition coefficient (Wildman–Crippen LogP) is 1.16. The zero-order valence-electron chi connectivity index (χ0n) is 15.1. The Morgan fingerprint density at radius 1 is 1.28 bits per heavy atom. The summed E-state index contributed by atoms with van der Waals surface area (Å²) in [6.07, 6.45) is 2.26. The quantitative estimate of drug-likeness (QED) is 0.885. The molecule has 7 nitrogen and oxygen atoms in total. The van der Waals surface area contributed by atoms with Gasteiger partial charge in [-0.25, -0.2) is 4.98 Å². The molecule has 0 radical (unpaired) electrons. The molecule has 3 rings (SSSR count). The molecule has 0 bridgehead atoms. The number of carbonyl (C=O) groups is 2. The van der Waals surface area contributed by atoms with Crippen LogP contribution in [0.1, 0.15) is 29.8 Å². The first kappa shape index (κ1) is 17.7. The molecule has 1 aromatic rings. The lowest BCUT2D eigenvalue weighted by molar-refractivity contribution is -0.158. The van der Waals surface area contributed by atoms with Crippen LogP contribution in [0, 0.1) is 5.41 Å². The normalized spacial score (nSPS) is 26.8. The van der Waals surface area contributed by atoms with Crippen molar-refractivity contribution in [1.29, 1.82) is 0 Å². The van der Waals surface area contributed by atoms with Gasteiger partial charge in [0, 0.05) is 33.2 Å². The van der Waals surface area contributed by atoms with E-state index in [-0.39, 0.29) is 11.9 Å². The summed E-state index contributed by atoms with van der Waals surface area (Å²) in [7, 11) is 5.41. The zero-order valence-corrected chi connectivity index (χ0v) is 15.1. The summed E-state index contributed by atoms with van der Waals surface area (Å²) in [5.74, 6) is -0.0765. The Balaban J connectivity index is 1.85. The molecule has 2 aliphatic heterocycles. The lowest BCUT2D eigenvalue weighted by atomic mass is 9.68. The second kappa shape index (κ2) is 6.63. The Labute approximate surface area is 148 Å². The Bertz CT molecular complexity index is 678. The number of rotatable bonds is 3. The summed E-state index contributed by atoms with van der Waals surface area (Å²) < 4.78 is 0. The van der Waals surface area contributed by atoms with Crippen molar-refractivity contribution in [2.24, 2.45) is 5.41 Å². The van der Waals surface area contributed by atoms with Gasteiger partial charge in [0.2, 0.25) is 0 Å². The molecule has 1 amide bonds. The molecule has 2 aliphatic rings. The van der Waals surface area contributed by atoms with Crippen molar-refractivity contribution in [1.82, 2.24) is 14.8 Å². The maximum Gasteiger partial charge on any atom is 0.311 e. The summed E-state index contributed by atoms with van der Waals surface area (Å²) in [4.78, 5) is 34.5. The number of carboxylic acid groups (broad SMARTS) is 1. The van der Waals surface area contributed by atoms with Crippen molar-refractivity contribution in [2.75, 3.05) is 45.7 Å². The van der Waals surface area contributed by atoms with Crippen molar-refractivity contribution in [2.45, 2.75) is 25.3 Å². The van der Waals surface area contributed by atoms with Crippen LogP contribution in [0.5, 0.6) is 0 Å². The van der Waals surface area contributed by atoms with Crippen LogP contribution in [0.3, 0.4) is 0 Å². The van der Waals surface area contributed by atoms with Crippen LogP contribution in [-0.2, 0) is 4.79 Å². The smallest absolute Gasteiger partial charge is 0.311 e. The molecule has 0 saturated carbocycles. The average Bonchev–Trinajstić information content (AvgIpc) is 2.61. The van der Waals surface area contributed by atoms with Crippen molar-refractivity contribution in [3.63, 3.8) is 0 Å². The minimum atomic E-state index is -0.687. The van der Waals surface area contributed by atoms with Crippen LogP contribution in [-0.4, -0.2) is 78.6 Å². The number of fused-ring (bicyclic) bond motifs is 1. The highest BCUT2D eigenvalue weighted by Crippen LogP contribution is 2.42. The van der Waals surface area contributed by atoms with Gasteiger partial charge in [0.1, 0.15) is 11.5 Å². The number of likely N-dealkylation sites (tertiary alicyclic amines) is 1. The molecule has 2 saturated heterocycles. The topological polar surface area (TPSA) is 77.0 Å². The van der Waals surface area contributed by atoms with Gasteiger partial charge in [-0.2, -0.15) is 0 Å². The van der Waals surface area contributed by atoms with Gasteiger partial charge in [-0.3, -0.25) is 9.59 Å². The van der Waals surface area contributed by atoms with Gasteiger partial charge in [0.05, 0.1) is 5.41 Å². The third kappa shape index (κ3) is 3.08. The van der Waals surface area contributed by atoms with Gasteiger partial charge in [-0.1, -0.05) is 6.07 Å². The summed E-state index contributed by atoms with van der Waals surface area (Å²) in [6.45, 7) is 2.18. The summed E-state index contributed by atoms with van der Waals surface area (Å²) in [6, 6.07) is 5.40. The third-order valence-electron chi connectivity index (χ3n) is 5.63. The second-order valence-electron chi connectivity index (χ2n) is 7.34. The molecule has 0 spiro atoms. The minimum absolute atomic E-state index is 0.0393.